The molecular formula is C10H9Cl2FO2. The second-order valence-electron chi connectivity index (χ2n) is 3.32. The second kappa shape index (κ2) is 4.81. The first-order chi connectivity index (χ1) is 6.91. The van der Waals surface area contributed by atoms with Crippen LogP contribution in [0.25, 0.3) is 0 Å². The maximum Gasteiger partial charge on any atom is 0.306 e. The lowest BCUT2D eigenvalue weighted by Gasteiger charge is -2.07. The van der Waals surface area contributed by atoms with Crippen LogP contribution in [0, 0.1) is 11.7 Å². The van der Waals surface area contributed by atoms with Gasteiger partial charge < -0.3 is 5.11 Å². The Morgan fingerprint density at radius 3 is 2.33 bits per heavy atom. The van der Waals surface area contributed by atoms with E-state index >= 15 is 0 Å². The normalized spacial score (nSPS) is 12.5. The van der Waals surface area contributed by atoms with Crippen LogP contribution >= 0.6 is 23.2 Å². The number of carbonyl (C=O) groups is 1. The van der Waals surface area contributed by atoms with Gasteiger partial charge in [-0.3, -0.25) is 4.79 Å². The van der Waals surface area contributed by atoms with Gasteiger partial charge in [-0.05, 0) is 24.1 Å². The van der Waals surface area contributed by atoms with Gasteiger partial charge in [0, 0.05) is 0 Å². The summed E-state index contributed by atoms with van der Waals surface area (Å²) in [6.45, 7) is 1.56. The Morgan fingerprint density at radius 1 is 1.47 bits per heavy atom. The molecule has 1 unspecified atom stereocenters. The first kappa shape index (κ1) is 12.3. The number of aliphatic carboxylic acids is 1. The molecule has 0 spiro atoms. The predicted molar refractivity (Wildman–Crippen MR) is 56.9 cm³/mol. The van der Waals surface area contributed by atoms with Crippen molar-refractivity contribution in [3.63, 3.8) is 0 Å². The van der Waals surface area contributed by atoms with Gasteiger partial charge in [0.05, 0.1) is 16.0 Å². The second-order valence-corrected chi connectivity index (χ2v) is 4.13. The van der Waals surface area contributed by atoms with Crippen LogP contribution in [-0.4, -0.2) is 11.1 Å². The van der Waals surface area contributed by atoms with E-state index in [9.17, 15) is 9.18 Å². The molecule has 1 N–H and O–H groups in total. The van der Waals surface area contributed by atoms with Crippen LogP contribution in [0.1, 0.15) is 12.5 Å². The number of halogens is 3. The van der Waals surface area contributed by atoms with Gasteiger partial charge in [-0.15, -0.1) is 0 Å². The van der Waals surface area contributed by atoms with Crippen LogP contribution in [0.5, 0.6) is 0 Å². The summed E-state index contributed by atoms with van der Waals surface area (Å²) in [5, 5.41) is 8.52. The van der Waals surface area contributed by atoms with Crippen LogP contribution in [-0.2, 0) is 11.2 Å². The molecule has 5 heteroatoms. The van der Waals surface area contributed by atoms with E-state index in [1.807, 2.05) is 0 Å². The highest BCUT2D eigenvalue weighted by Crippen LogP contribution is 2.25. The Bertz CT molecular complexity index is 370. The van der Waals surface area contributed by atoms with E-state index < -0.39 is 17.7 Å². The number of hydrogen-bond donors (Lipinski definition) is 1. The Kier molecular flexibility index (Phi) is 3.94. The molecule has 0 aliphatic rings. The van der Waals surface area contributed by atoms with Gasteiger partial charge in [-0.1, -0.05) is 30.1 Å². The van der Waals surface area contributed by atoms with E-state index in [-0.39, 0.29) is 16.5 Å². The molecule has 0 radical (unpaired) electrons. The molecule has 15 heavy (non-hydrogen) atoms. The first-order valence-corrected chi connectivity index (χ1v) is 5.03. The molecule has 0 aliphatic heterocycles. The summed E-state index contributed by atoms with van der Waals surface area (Å²) in [5.74, 6) is -2.14. The number of benzene rings is 1. The Labute approximate surface area is 96.6 Å². The van der Waals surface area contributed by atoms with Crippen molar-refractivity contribution in [2.45, 2.75) is 13.3 Å². The number of hydrogen-bond acceptors (Lipinski definition) is 1. The van der Waals surface area contributed by atoms with Crippen molar-refractivity contribution < 1.29 is 14.3 Å². The van der Waals surface area contributed by atoms with Crippen molar-refractivity contribution in [1.29, 1.82) is 0 Å². The smallest absolute Gasteiger partial charge is 0.306 e. The van der Waals surface area contributed by atoms with Crippen LogP contribution in [0.2, 0.25) is 10.0 Å². The molecule has 0 heterocycles. The van der Waals surface area contributed by atoms with Gasteiger partial charge in [-0.25, -0.2) is 4.39 Å². The van der Waals surface area contributed by atoms with E-state index in [0.29, 0.717) is 5.56 Å². The zero-order valence-electron chi connectivity index (χ0n) is 7.93. The van der Waals surface area contributed by atoms with Crippen LogP contribution in [0.3, 0.4) is 0 Å². The molecule has 1 rings (SSSR count). The van der Waals surface area contributed by atoms with Crippen molar-refractivity contribution in [3.8, 4) is 0 Å². The van der Waals surface area contributed by atoms with Crippen LogP contribution in [0.4, 0.5) is 4.39 Å². The van der Waals surface area contributed by atoms with E-state index in [1.165, 1.54) is 12.1 Å². The average molecular weight is 251 g/mol. The van der Waals surface area contributed by atoms with E-state index in [1.54, 1.807) is 6.92 Å². The molecular weight excluding hydrogens is 242 g/mol. The highest BCUT2D eigenvalue weighted by atomic mass is 35.5. The van der Waals surface area contributed by atoms with Crippen molar-refractivity contribution in [1.82, 2.24) is 0 Å². The molecule has 0 amide bonds. The zero-order chi connectivity index (χ0) is 11.6. The third-order valence-corrected chi connectivity index (χ3v) is 2.56. The van der Waals surface area contributed by atoms with E-state index in [4.69, 9.17) is 28.3 Å². The van der Waals surface area contributed by atoms with Crippen LogP contribution in [0.15, 0.2) is 12.1 Å². The minimum absolute atomic E-state index is 0.0879. The molecule has 1 aromatic carbocycles. The van der Waals surface area contributed by atoms with Crippen molar-refractivity contribution in [3.05, 3.63) is 33.6 Å². The lowest BCUT2D eigenvalue weighted by Crippen LogP contribution is -2.12. The first-order valence-electron chi connectivity index (χ1n) is 4.28. The fourth-order valence-corrected chi connectivity index (χ4v) is 1.70. The topological polar surface area (TPSA) is 37.3 Å². The van der Waals surface area contributed by atoms with Crippen molar-refractivity contribution in [2.24, 2.45) is 5.92 Å². The molecule has 0 bridgehead atoms. The largest absolute Gasteiger partial charge is 0.481 e. The SMILES string of the molecule is CC(Cc1cc(Cl)c(F)c(Cl)c1)C(=O)O. The monoisotopic (exact) mass is 250 g/mol. The summed E-state index contributed by atoms with van der Waals surface area (Å²) in [5.41, 5.74) is 0.612. The van der Waals surface area contributed by atoms with Gasteiger partial charge >= 0.3 is 5.97 Å². The molecule has 0 saturated heterocycles. The number of carboxylic acid groups (broad SMARTS) is 1. The predicted octanol–water partition coefficient (Wildman–Crippen LogP) is 3.40. The molecule has 0 saturated carbocycles. The Balaban J connectivity index is 2.92. The molecule has 0 aromatic heterocycles. The summed E-state index contributed by atoms with van der Waals surface area (Å²) < 4.78 is 13.0. The summed E-state index contributed by atoms with van der Waals surface area (Å²) in [6.07, 6.45) is 0.273. The third-order valence-electron chi connectivity index (χ3n) is 2.01. The minimum Gasteiger partial charge on any atom is -0.481 e. The highest BCUT2D eigenvalue weighted by molar-refractivity contribution is 6.35. The van der Waals surface area contributed by atoms with Gasteiger partial charge in [0.25, 0.3) is 0 Å². The summed E-state index contributed by atoms with van der Waals surface area (Å²) in [7, 11) is 0. The fourth-order valence-electron chi connectivity index (χ4n) is 1.17. The number of rotatable bonds is 3. The molecule has 1 atom stereocenters. The minimum atomic E-state index is -0.911. The lowest BCUT2D eigenvalue weighted by atomic mass is 10.0. The van der Waals surface area contributed by atoms with Gasteiger partial charge in [0.2, 0.25) is 0 Å². The summed E-state index contributed by atoms with van der Waals surface area (Å²) in [4.78, 5) is 10.6. The maximum atomic E-state index is 13.0. The third kappa shape index (κ3) is 3.08. The Morgan fingerprint density at radius 2 is 1.93 bits per heavy atom. The zero-order valence-corrected chi connectivity index (χ0v) is 9.44. The lowest BCUT2D eigenvalue weighted by molar-refractivity contribution is -0.141. The van der Waals surface area contributed by atoms with E-state index in [0.717, 1.165) is 0 Å². The summed E-state index contributed by atoms with van der Waals surface area (Å²) >= 11 is 11.2. The van der Waals surface area contributed by atoms with E-state index in [2.05, 4.69) is 0 Å². The average Bonchev–Trinajstić information content (AvgIpc) is 2.13. The van der Waals surface area contributed by atoms with Gasteiger partial charge in [-0.2, -0.15) is 0 Å². The summed E-state index contributed by atoms with van der Waals surface area (Å²) in [6, 6.07) is 2.78. The number of carboxylic acids is 1. The van der Waals surface area contributed by atoms with Crippen molar-refractivity contribution >= 4 is 29.2 Å². The molecule has 0 fully saturated rings. The van der Waals surface area contributed by atoms with Crippen LogP contribution < -0.4 is 0 Å². The molecule has 1 aromatic rings. The van der Waals surface area contributed by atoms with Gasteiger partial charge in [0.1, 0.15) is 0 Å². The maximum absolute atomic E-state index is 13.0. The van der Waals surface area contributed by atoms with Crippen molar-refractivity contribution in [2.75, 3.05) is 0 Å². The fraction of sp³-hybridized carbons (Fsp3) is 0.300. The highest BCUT2D eigenvalue weighted by Gasteiger charge is 2.14. The standard InChI is InChI=1S/C10H9Cl2FO2/c1-5(10(14)15)2-6-3-7(11)9(13)8(12)4-6/h3-5H,2H2,1H3,(H,14,15). The van der Waals surface area contributed by atoms with Gasteiger partial charge in [0.15, 0.2) is 5.82 Å². The molecule has 0 aliphatic carbocycles. The molecule has 82 valence electrons. The quantitative estimate of drug-likeness (QED) is 0.836. The molecule has 2 nitrogen and oxygen atoms in total. The Hall–Kier alpha value is -0.800.